The lowest BCUT2D eigenvalue weighted by Gasteiger charge is -2.27. The molecule has 0 radical (unpaired) electrons. The van der Waals surface area contributed by atoms with Crippen LogP contribution in [0.4, 0.5) is 4.39 Å². The van der Waals surface area contributed by atoms with E-state index < -0.39 is 12.1 Å². The predicted molar refractivity (Wildman–Crippen MR) is 101 cm³/mol. The molecule has 3 rings (SSSR count). The predicted octanol–water partition coefficient (Wildman–Crippen LogP) is 3.96. The number of fused-ring (bicyclic) bond motifs is 1. The number of hydrogen-bond acceptors (Lipinski definition) is 3. The SMILES string of the molecule is C[C@H](OC(=O)/C=C/c1ccc(F)cc1)C(=O)N[C@@H]1CCCc2ccccc21. The molecule has 140 valence electrons. The van der Waals surface area contributed by atoms with Gasteiger partial charge < -0.3 is 10.1 Å². The molecule has 1 N–H and O–H groups in total. The van der Waals surface area contributed by atoms with Crippen LogP contribution in [0.1, 0.15) is 42.5 Å². The molecule has 0 aliphatic heterocycles. The van der Waals surface area contributed by atoms with Crippen LogP contribution in [0.2, 0.25) is 0 Å². The van der Waals surface area contributed by atoms with Crippen molar-refractivity contribution in [2.75, 3.05) is 0 Å². The molecule has 27 heavy (non-hydrogen) atoms. The minimum absolute atomic E-state index is 0.0571. The van der Waals surface area contributed by atoms with Gasteiger partial charge in [-0.25, -0.2) is 9.18 Å². The first-order valence-corrected chi connectivity index (χ1v) is 9.05. The highest BCUT2D eigenvalue weighted by atomic mass is 19.1. The number of carbonyl (C=O) groups is 2. The molecule has 5 heteroatoms. The van der Waals surface area contributed by atoms with Gasteiger partial charge in [-0.2, -0.15) is 0 Å². The Balaban J connectivity index is 1.55. The summed E-state index contributed by atoms with van der Waals surface area (Å²) in [5.74, 6) is -1.28. The Kier molecular flexibility index (Phi) is 6.01. The van der Waals surface area contributed by atoms with E-state index in [0.29, 0.717) is 5.56 Å². The third-order valence-electron chi connectivity index (χ3n) is 4.63. The highest BCUT2D eigenvalue weighted by Gasteiger charge is 2.24. The van der Waals surface area contributed by atoms with Gasteiger partial charge in [0, 0.05) is 6.08 Å². The molecule has 4 nitrogen and oxygen atoms in total. The Morgan fingerprint density at radius 2 is 1.93 bits per heavy atom. The molecule has 2 atom stereocenters. The Morgan fingerprint density at radius 3 is 2.70 bits per heavy atom. The standard InChI is InChI=1S/C22H22FNO3/c1-15(27-21(25)14-11-16-9-12-18(23)13-10-16)22(26)24-20-8-4-6-17-5-2-3-7-19(17)20/h2-3,5,7,9-15,20H,4,6,8H2,1H3,(H,24,26)/b14-11+/t15-,20+/m0/s1. The molecular formula is C22H22FNO3. The van der Waals surface area contributed by atoms with Gasteiger partial charge in [0.05, 0.1) is 6.04 Å². The number of ether oxygens (including phenoxy) is 1. The van der Waals surface area contributed by atoms with Crippen LogP contribution >= 0.6 is 0 Å². The normalized spacial score (nSPS) is 17.2. The van der Waals surface area contributed by atoms with Gasteiger partial charge in [0.15, 0.2) is 6.10 Å². The smallest absolute Gasteiger partial charge is 0.331 e. The maximum absolute atomic E-state index is 12.9. The lowest BCUT2D eigenvalue weighted by molar-refractivity contribution is -0.150. The Bertz CT molecular complexity index is 845. The van der Waals surface area contributed by atoms with E-state index in [9.17, 15) is 14.0 Å². The van der Waals surface area contributed by atoms with Crippen molar-refractivity contribution in [1.29, 1.82) is 0 Å². The van der Waals surface area contributed by atoms with Crippen molar-refractivity contribution in [1.82, 2.24) is 5.32 Å². The molecule has 1 amide bonds. The highest BCUT2D eigenvalue weighted by Crippen LogP contribution is 2.29. The first-order chi connectivity index (χ1) is 13.0. The minimum atomic E-state index is -0.899. The molecule has 0 aromatic heterocycles. The number of aryl methyl sites for hydroxylation is 1. The van der Waals surface area contributed by atoms with Crippen LogP contribution in [0.5, 0.6) is 0 Å². The molecule has 0 heterocycles. The molecule has 0 unspecified atom stereocenters. The zero-order valence-electron chi connectivity index (χ0n) is 15.2. The van der Waals surface area contributed by atoms with Gasteiger partial charge in [0.2, 0.25) is 0 Å². The lowest BCUT2D eigenvalue weighted by atomic mass is 9.87. The second kappa shape index (κ2) is 8.62. The largest absolute Gasteiger partial charge is 0.449 e. The fourth-order valence-electron chi connectivity index (χ4n) is 3.20. The Labute approximate surface area is 158 Å². The van der Waals surface area contributed by atoms with E-state index in [1.165, 1.54) is 29.8 Å². The summed E-state index contributed by atoms with van der Waals surface area (Å²) in [5, 5.41) is 2.98. The monoisotopic (exact) mass is 367 g/mol. The van der Waals surface area contributed by atoms with Crippen molar-refractivity contribution < 1.29 is 18.7 Å². The van der Waals surface area contributed by atoms with E-state index in [4.69, 9.17) is 4.74 Å². The van der Waals surface area contributed by atoms with Crippen LogP contribution in [0, 0.1) is 5.82 Å². The van der Waals surface area contributed by atoms with Crippen LogP contribution in [-0.2, 0) is 20.7 Å². The fourth-order valence-corrected chi connectivity index (χ4v) is 3.20. The van der Waals surface area contributed by atoms with Crippen molar-refractivity contribution in [3.05, 3.63) is 77.1 Å². The summed E-state index contributed by atoms with van der Waals surface area (Å²) in [6.45, 7) is 1.55. The molecule has 0 bridgehead atoms. The summed E-state index contributed by atoms with van der Waals surface area (Å²) in [4.78, 5) is 24.3. The zero-order chi connectivity index (χ0) is 19.2. The molecule has 0 spiro atoms. The molecule has 0 saturated carbocycles. The maximum atomic E-state index is 12.9. The van der Waals surface area contributed by atoms with Crippen molar-refractivity contribution in [3.8, 4) is 0 Å². The second-order valence-corrected chi connectivity index (χ2v) is 6.62. The second-order valence-electron chi connectivity index (χ2n) is 6.62. The van der Waals surface area contributed by atoms with Gasteiger partial charge in [0.1, 0.15) is 5.82 Å². The number of amides is 1. The fraction of sp³-hybridized carbons (Fsp3) is 0.273. The molecule has 1 aliphatic carbocycles. The van der Waals surface area contributed by atoms with Crippen molar-refractivity contribution in [2.24, 2.45) is 0 Å². The van der Waals surface area contributed by atoms with E-state index in [0.717, 1.165) is 24.8 Å². The minimum Gasteiger partial charge on any atom is -0.449 e. The molecule has 0 fully saturated rings. The van der Waals surface area contributed by atoms with E-state index in [1.54, 1.807) is 19.1 Å². The van der Waals surface area contributed by atoms with Crippen molar-refractivity contribution in [2.45, 2.75) is 38.3 Å². The number of rotatable bonds is 5. The number of nitrogens with one attached hydrogen (secondary N) is 1. The summed E-state index contributed by atoms with van der Waals surface area (Å²) in [6.07, 6.45) is 4.74. The average Bonchev–Trinajstić information content (AvgIpc) is 2.68. The van der Waals surface area contributed by atoms with Crippen LogP contribution in [0.3, 0.4) is 0 Å². The third kappa shape index (κ3) is 5.03. The summed E-state index contributed by atoms with van der Waals surface area (Å²) >= 11 is 0. The quantitative estimate of drug-likeness (QED) is 0.643. The number of benzene rings is 2. The van der Waals surface area contributed by atoms with Crippen molar-refractivity contribution >= 4 is 18.0 Å². The molecular weight excluding hydrogens is 345 g/mol. The van der Waals surface area contributed by atoms with Gasteiger partial charge >= 0.3 is 5.97 Å². The van der Waals surface area contributed by atoms with Crippen LogP contribution in [-0.4, -0.2) is 18.0 Å². The maximum Gasteiger partial charge on any atom is 0.331 e. The Hall–Kier alpha value is -2.95. The number of hydrogen-bond donors (Lipinski definition) is 1. The van der Waals surface area contributed by atoms with Gasteiger partial charge in [-0.15, -0.1) is 0 Å². The summed E-state index contributed by atoms with van der Waals surface area (Å²) in [6, 6.07) is 13.7. The highest BCUT2D eigenvalue weighted by molar-refractivity contribution is 5.90. The van der Waals surface area contributed by atoms with Crippen LogP contribution < -0.4 is 5.32 Å². The van der Waals surface area contributed by atoms with Crippen molar-refractivity contribution in [3.63, 3.8) is 0 Å². The van der Waals surface area contributed by atoms with Crippen LogP contribution in [0.25, 0.3) is 6.08 Å². The first kappa shape index (κ1) is 18.8. The molecule has 2 aromatic carbocycles. The number of carbonyl (C=O) groups excluding carboxylic acids is 2. The topological polar surface area (TPSA) is 55.4 Å². The third-order valence-corrected chi connectivity index (χ3v) is 4.63. The number of halogens is 1. The van der Waals surface area contributed by atoms with Crippen LogP contribution in [0.15, 0.2) is 54.6 Å². The van der Waals surface area contributed by atoms with E-state index in [2.05, 4.69) is 11.4 Å². The summed E-state index contributed by atoms with van der Waals surface area (Å²) in [5.41, 5.74) is 3.05. The lowest BCUT2D eigenvalue weighted by Crippen LogP contribution is -2.39. The summed E-state index contributed by atoms with van der Waals surface area (Å²) < 4.78 is 18.0. The number of esters is 1. The Morgan fingerprint density at radius 1 is 1.19 bits per heavy atom. The molecule has 1 aliphatic rings. The van der Waals surface area contributed by atoms with Gasteiger partial charge in [0.25, 0.3) is 5.91 Å². The molecule has 0 saturated heterocycles. The van der Waals surface area contributed by atoms with E-state index in [1.807, 2.05) is 18.2 Å². The molecule has 2 aromatic rings. The zero-order valence-corrected chi connectivity index (χ0v) is 15.2. The van der Waals surface area contributed by atoms with E-state index >= 15 is 0 Å². The van der Waals surface area contributed by atoms with E-state index in [-0.39, 0.29) is 17.8 Å². The van der Waals surface area contributed by atoms with Gasteiger partial charge in [-0.1, -0.05) is 36.4 Å². The van der Waals surface area contributed by atoms with Gasteiger partial charge in [-0.3, -0.25) is 4.79 Å². The van der Waals surface area contributed by atoms with Gasteiger partial charge in [-0.05, 0) is 61.1 Å². The summed E-state index contributed by atoms with van der Waals surface area (Å²) in [7, 11) is 0. The average molecular weight is 367 g/mol. The first-order valence-electron chi connectivity index (χ1n) is 9.05.